The van der Waals surface area contributed by atoms with Crippen molar-refractivity contribution in [3.05, 3.63) is 35.0 Å². The third-order valence-electron chi connectivity index (χ3n) is 2.40. The van der Waals surface area contributed by atoms with E-state index in [4.69, 9.17) is 10.3 Å². The smallest absolute Gasteiger partial charge is 0.305 e. The molecule has 0 fully saturated rings. The first-order valence-electron chi connectivity index (χ1n) is 5.52. The maximum absolute atomic E-state index is 11.9. The van der Waals surface area contributed by atoms with Crippen molar-refractivity contribution in [3.8, 4) is 0 Å². The van der Waals surface area contributed by atoms with E-state index in [1.807, 2.05) is 0 Å². The van der Waals surface area contributed by atoms with Crippen LogP contribution >= 0.6 is 0 Å². The first-order valence-corrected chi connectivity index (χ1v) is 5.52. The second-order valence-corrected chi connectivity index (χ2v) is 4.73. The van der Waals surface area contributed by atoms with Gasteiger partial charge in [0.2, 0.25) is 0 Å². The van der Waals surface area contributed by atoms with Crippen molar-refractivity contribution in [2.45, 2.75) is 25.8 Å². The van der Waals surface area contributed by atoms with Crippen LogP contribution in [0.15, 0.2) is 24.3 Å². The van der Waals surface area contributed by atoms with E-state index in [0.717, 1.165) is 0 Å². The zero-order chi connectivity index (χ0) is 14.6. The Morgan fingerprint density at radius 1 is 1.32 bits per heavy atom. The van der Waals surface area contributed by atoms with E-state index in [1.165, 1.54) is 24.3 Å². The molecule has 19 heavy (non-hydrogen) atoms. The summed E-state index contributed by atoms with van der Waals surface area (Å²) < 4.78 is 0. The molecule has 0 unspecified atom stereocenters. The number of carboxylic acid groups (broad SMARTS) is 1. The van der Waals surface area contributed by atoms with E-state index < -0.39 is 17.4 Å². The van der Waals surface area contributed by atoms with Gasteiger partial charge in [-0.1, -0.05) is 0 Å². The molecule has 0 atom stereocenters. The number of hydrogen-bond donors (Lipinski definition) is 3. The highest BCUT2D eigenvalue weighted by atomic mass is 16.8. The first kappa shape index (κ1) is 14.9. The predicted octanol–water partition coefficient (Wildman–Crippen LogP) is 1.36. The maximum Gasteiger partial charge on any atom is 0.305 e. The average Bonchev–Trinajstić information content (AvgIpc) is 2.26. The molecule has 1 rings (SSSR count). The topological polar surface area (TPSA) is 113 Å². The van der Waals surface area contributed by atoms with Crippen molar-refractivity contribution in [2.75, 3.05) is 5.23 Å². The minimum atomic E-state index is -1.01. The Hall–Kier alpha value is -2.12. The summed E-state index contributed by atoms with van der Waals surface area (Å²) in [7, 11) is 0. The molecule has 1 aromatic rings. The summed E-state index contributed by atoms with van der Waals surface area (Å²) in [6.45, 7) is 3.20. The summed E-state index contributed by atoms with van der Waals surface area (Å²) in [5, 5.41) is 30.2. The molecule has 0 heterocycles. The van der Waals surface area contributed by atoms with E-state index in [9.17, 15) is 14.8 Å². The summed E-state index contributed by atoms with van der Waals surface area (Å²) in [6.07, 6.45) is -0.207. The molecule has 0 aliphatic heterocycles. The Labute approximate surface area is 110 Å². The number of nitrogens with one attached hydrogen (secondary N) is 1. The van der Waals surface area contributed by atoms with E-state index in [1.54, 1.807) is 13.8 Å². The van der Waals surface area contributed by atoms with E-state index >= 15 is 0 Å². The van der Waals surface area contributed by atoms with Gasteiger partial charge in [0.25, 0.3) is 5.91 Å². The number of benzene rings is 1. The van der Waals surface area contributed by atoms with Crippen molar-refractivity contribution >= 4 is 17.6 Å². The van der Waals surface area contributed by atoms with Gasteiger partial charge >= 0.3 is 5.97 Å². The van der Waals surface area contributed by atoms with E-state index in [-0.39, 0.29) is 22.9 Å². The number of hydrogen-bond acceptors (Lipinski definition) is 5. The lowest BCUT2D eigenvalue weighted by molar-refractivity contribution is -0.138. The highest BCUT2D eigenvalue weighted by molar-refractivity contribution is 5.95. The Morgan fingerprint density at radius 3 is 2.26 bits per heavy atom. The van der Waals surface area contributed by atoms with Crippen LogP contribution in [0.5, 0.6) is 0 Å². The van der Waals surface area contributed by atoms with Gasteiger partial charge in [0.05, 0.1) is 12.1 Å². The molecule has 1 aromatic carbocycles. The largest absolute Gasteiger partial charge is 0.733 e. The van der Waals surface area contributed by atoms with Crippen LogP contribution in [0.4, 0.5) is 5.69 Å². The van der Waals surface area contributed by atoms with Gasteiger partial charge in [-0.15, -0.1) is 0 Å². The third-order valence-corrected chi connectivity index (χ3v) is 2.40. The van der Waals surface area contributed by atoms with Crippen molar-refractivity contribution in [3.63, 3.8) is 0 Å². The van der Waals surface area contributed by atoms with Gasteiger partial charge in [0, 0.05) is 11.1 Å². The monoisotopic (exact) mass is 267 g/mol. The molecule has 7 heteroatoms. The number of carbonyl (C=O) groups is 2. The van der Waals surface area contributed by atoms with Gasteiger partial charge in [-0.3, -0.25) is 14.8 Å². The molecule has 3 N–H and O–H groups in total. The molecule has 0 saturated heterocycles. The van der Waals surface area contributed by atoms with Crippen LogP contribution in [0, 0.1) is 5.21 Å². The highest BCUT2D eigenvalue weighted by Gasteiger charge is 2.24. The molecular weight excluding hydrogens is 252 g/mol. The van der Waals surface area contributed by atoms with Crippen molar-refractivity contribution in [2.24, 2.45) is 0 Å². The zero-order valence-corrected chi connectivity index (χ0v) is 10.6. The van der Waals surface area contributed by atoms with Gasteiger partial charge in [0.15, 0.2) is 0 Å². The lowest BCUT2D eigenvalue weighted by Gasteiger charge is -2.25. The zero-order valence-electron chi connectivity index (χ0n) is 10.6. The van der Waals surface area contributed by atoms with Crippen LogP contribution in [-0.4, -0.2) is 27.7 Å². The number of amides is 1. The molecule has 0 aliphatic rings. The number of carboxylic acids is 1. The summed E-state index contributed by atoms with van der Waals surface area (Å²) in [5.41, 5.74) is -0.617. The minimum Gasteiger partial charge on any atom is -0.733 e. The average molecular weight is 267 g/mol. The third kappa shape index (κ3) is 4.57. The SMILES string of the molecule is CC(C)(CC(=O)O)NC(=O)c1ccc(N([O-])O)cc1. The summed E-state index contributed by atoms with van der Waals surface area (Å²) >= 11 is 0. The van der Waals surface area contributed by atoms with Gasteiger partial charge in [-0.05, 0) is 38.1 Å². The second-order valence-electron chi connectivity index (χ2n) is 4.73. The summed E-state index contributed by atoms with van der Waals surface area (Å²) in [5.74, 6) is -1.46. The van der Waals surface area contributed by atoms with Crippen LogP contribution in [0.3, 0.4) is 0 Å². The Balaban J connectivity index is 2.75. The normalized spacial score (nSPS) is 10.9. The summed E-state index contributed by atoms with van der Waals surface area (Å²) in [6, 6.07) is 5.30. The molecule has 0 radical (unpaired) electrons. The molecule has 7 nitrogen and oxygen atoms in total. The number of anilines is 1. The summed E-state index contributed by atoms with van der Waals surface area (Å²) in [4.78, 5) is 22.5. The fourth-order valence-electron chi connectivity index (χ4n) is 1.54. The Morgan fingerprint density at radius 2 is 1.84 bits per heavy atom. The van der Waals surface area contributed by atoms with Gasteiger partial charge in [-0.25, -0.2) is 0 Å². The lowest BCUT2D eigenvalue weighted by Crippen LogP contribution is -2.44. The standard InChI is InChI=1S/C12H15N2O5/c1-12(2,7-10(15)16)13-11(17)8-3-5-9(6-4-8)14(18)19/h3-6,18H,7H2,1-2H3,(H,13,17)(H,15,16)/q-1. The molecule has 0 bridgehead atoms. The maximum atomic E-state index is 11.9. The van der Waals surface area contributed by atoms with Crippen molar-refractivity contribution in [1.29, 1.82) is 0 Å². The van der Waals surface area contributed by atoms with Crippen LogP contribution in [0.2, 0.25) is 0 Å². The molecule has 104 valence electrons. The first-order chi connectivity index (χ1) is 8.71. The molecule has 1 amide bonds. The van der Waals surface area contributed by atoms with Gasteiger partial charge in [-0.2, -0.15) is 0 Å². The molecule has 0 aromatic heterocycles. The fourth-order valence-corrected chi connectivity index (χ4v) is 1.54. The van der Waals surface area contributed by atoms with Gasteiger partial charge in [0.1, 0.15) is 0 Å². The Kier molecular flexibility index (Phi) is 4.47. The lowest BCUT2D eigenvalue weighted by atomic mass is 10.00. The van der Waals surface area contributed by atoms with Crippen LogP contribution in [0.1, 0.15) is 30.6 Å². The highest BCUT2D eigenvalue weighted by Crippen LogP contribution is 2.14. The molecule has 0 aliphatic carbocycles. The molecular formula is C12H15N2O5-. The van der Waals surface area contributed by atoms with Crippen LogP contribution in [0.25, 0.3) is 0 Å². The number of nitrogens with zero attached hydrogens (tertiary/aromatic N) is 1. The van der Waals surface area contributed by atoms with E-state index in [2.05, 4.69) is 5.32 Å². The van der Waals surface area contributed by atoms with Crippen LogP contribution in [-0.2, 0) is 4.79 Å². The van der Waals surface area contributed by atoms with Gasteiger partial charge < -0.3 is 20.9 Å². The van der Waals surface area contributed by atoms with Crippen LogP contribution < -0.4 is 10.5 Å². The minimum absolute atomic E-state index is 0.00125. The second kappa shape index (κ2) is 5.68. The Bertz CT molecular complexity index is 468. The van der Waals surface area contributed by atoms with E-state index in [0.29, 0.717) is 0 Å². The molecule has 0 spiro atoms. The number of aliphatic carboxylic acids is 1. The predicted molar refractivity (Wildman–Crippen MR) is 67.9 cm³/mol. The van der Waals surface area contributed by atoms with Crippen molar-refractivity contribution in [1.82, 2.24) is 5.32 Å². The number of carbonyl (C=O) groups excluding carboxylic acids is 1. The fraction of sp³-hybridized carbons (Fsp3) is 0.333. The number of rotatable bonds is 5. The van der Waals surface area contributed by atoms with Crippen molar-refractivity contribution < 1.29 is 19.9 Å². The molecule has 0 saturated carbocycles. The quantitative estimate of drug-likeness (QED) is 0.694.